The summed E-state index contributed by atoms with van der Waals surface area (Å²) in [6, 6.07) is 7.36. The van der Waals surface area contributed by atoms with Crippen molar-refractivity contribution in [2.75, 3.05) is 18.5 Å². The van der Waals surface area contributed by atoms with Crippen molar-refractivity contribution in [3.63, 3.8) is 0 Å². The lowest BCUT2D eigenvalue weighted by Crippen LogP contribution is -2.22. The van der Waals surface area contributed by atoms with Gasteiger partial charge in [-0.3, -0.25) is 4.79 Å². The van der Waals surface area contributed by atoms with Crippen LogP contribution in [0, 0.1) is 16.7 Å². The molecule has 1 heterocycles. The van der Waals surface area contributed by atoms with Crippen molar-refractivity contribution in [1.82, 2.24) is 0 Å². The van der Waals surface area contributed by atoms with Crippen LogP contribution in [0.5, 0.6) is 11.5 Å². The Hall–Kier alpha value is -2.22. The highest BCUT2D eigenvalue weighted by Gasteiger charge is 2.50. The Morgan fingerprint density at radius 2 is 2.00 bits per heavy atom. The van der Waals surface area contributed by atoms with Crippen LogP contribution in [-0.2, 0) is 4.79 Å². The van der Waals surface area contributed by atoms with E-state index < -0.39 is 5.41 Å². The van der Waals surface area contributed by atoms with Gasteiger partial charge in [0.05, 0.1) is 19.3 Å². The smallest absolute Gasteiger partial charge is 0.244 e. The minimum Gasteiger partial charge on any atom is -0.490 e. The van der Waals surface area contributed by atoms with Crippen LogP contribution < -0.4 is 14.8 Å². The lowest BCUT2D eigenvalue weighted by molar-refractivity contribution is -0.119. The van der Waals surface area contributed by atoms with Gasteiger partial charge in [-0.1, -0.05) is 0 Å². The predicted molar refractivity (Wildman–Crippen MR) is 68.0 cm³/mol. The van der Waals surface area contributed by atoms with Gasteiger partial charge in [0.15, 0.2) is 11.5 Å². The van der Waals surface area contributed by atoms with Gasteiger partial charge in [0.2, 0.25) is 5.91 Å². The normalized spacial score (nSPS) is 18.9. The number of hydrogen-bond donors (Lipinski definition) is 1. The molecular formula is C14H14N2O3. The molecule has 0 spiro atoms. The molecule has 0 saturated heterocycles. The molecule has 0 aromatic heterocycles. The fourth-order valence-electron chi connectivity index (χ4n) is 2.01. The van der Waals surface area contributed by atoms with Crippen molar-refractivity contribution in [3.05, 3.63) is 18.2 Å². The summed E-state index contributed by atoms with van der Waals surface area (Å²) in [5, 5.41) is 11.7. The Morgan fingerprint density at radius 1 is 1.26 bits per heavy atom. The van der Waals surface area contributed by atoms with Gasteiger partial charge in [-0.2, -0.15) is 5.26 Å². The zero-order valence-electron chi connectivity index (χ0n) is 10.4. The molecule has 1 amide bonds. The molecule has 1 fully saturated rings. The maximum Gasteiger partial charge on any atom is 0.244 e. The third-order valence-electron chi connectivity index (χ3n) is 3.40. The van der Waals surface area contributed by atoms with E-state index in [1.54, 1.807) is 18.2 Å². The molecule has 19 heavy (non-hydrogen) atoms. The van der Waals surface area contributed by atoms with Crippen LogP contribution >= 0.6 is 0 Å². The fraction of sp³-hybridized carbons (Fsp3) is 0.429. The second kappa shape index (κ2) is 4.47. The van der Waals surface area contributed by atoms with Gasteiger partial charge in [0.1, 0.15) is 5.41 Å². The molecule has 1 aliphatic heterocycles. The first-order valence-corrected chi connectivity index (χ1v) is 6.36. The van der Waals surface area contributed by atoms with Gasteiger partial charge in [0, 0.05) is 18.2 Å². The lowest BCUT2D eigenvalue weighted by Gasteiger charge is -2.11. The third-order valence-corrected chi connectivity index (χ3v) is 3.40. The summed E-state index contributed by atoms with van der Waals surface area (Å²) in [4.78, 5) is 12.0. The number of nitrogens with one attached hydrogen (secondary N) is 1. The van der Waals surface area contributed by atoms with Crippen molar-refractivity contribution in [3.8, 4) is 17.6 Å². The van der Waals surface area contributed by atoms with Gasteiger partial charge < -0.3 is 14.8 Å². The van der Waals surface area contributed by atoms with Crippen LogP contribution in [0.2, 0.25) is 0 Å². The average Bonchev–Trinajstić information content (AvgIpc) is 3.23. The highest BCUT2D eigenvalue weighted by atomic mass is 16.5. The SMILES string of the molecule is N#CC1(C(=O)Nc2ccc3c(c2)OCCCO3)CC1. The molecule has 1 N–H and O–H groups in total. The van der Waals surface area contributed by atoms with E-state index in [0.717, 1.165) is 6.42 Å². The summed E-state index contributed by atoms with van der Waals surface area (Å²) < 4.78 is 11.1. The van der Waals surface area contributed by atoms with E-state index in [1.807, 2.05) is 0 Å². The molecule has 5 nitrogen and oxygen atoms in total. The second-order valence-corrected chi connectivity index (χ2v) is 4.86. The number of amides is 1. The number of hydrogen-bond acceptors (Lipinski definition) is 4. The van der Waals surface area contributed by atoms with E-state index in [1.165, 1.54) is 0 Å². The molecule has 1 aromatic carbocycles. The number of fused-ring (bicyclic) bond motifs is 1. The summed E-state index contributed by atoms with van der Waals surface area (Å²) in [7, 11) is 0. The van der Waals surface area contributed by atoms with Crippen LogP contribution in [0.1, 0.15) is 19.3 Å². The topological polar surface area (TPSA) is 71.4 Å². The van der Waals surface area contributed by atoms with Crippen molar-refractivity contribution in [1.29, 1.82) is 5.26 Å². The molecule has 3 rings (SSSR count). The summed E-state index contributed by atoms with van der Waals surface area (Å²) in [6.07, 6.45) is 2.12. The van der Waals surface area contributed by atoms with E-state index in [4.69, 9.17) is 14.7 Å². The van der Waals surface area contributed by atoms with Gasteiger partial charge in [-0.15, -0.1) is 0 Å². The largest absolute Gasteiger partial charge is 0.490 e. The quantitative estimate of drug-likeness (QED) is 0.881. The Labute approximate surface area is 111 Å². The van der Waals surface area contributed by atoms with Crippen molar-refractivity contribution in [2.45, 2.75) is 19.3 Å². The van der Waals surface area contributed by atoms with Gasteiger partial charge in [-0.25, -0.2) is 0 Å². The number of benzene rings is 1. The molecule has 1 aromatic rings. The van der Waals surface area contributed by atoms with E-state index >= 15 is 0 Å². The highest BCUT2D eigenvalue weighted by molar-refractivity contribution is 5.99. The molecule has 0 bridgehead atoms. The summed E-state index contributed by atoms with van der Waals surface area (Å²) in [5.74, 6) is 1.10. The summed E-state index contributed by atoms with van der Waals surface area (Å²) >= 11 is 0. The van der Waals surface area contributed by atoms with Gasteiger partial charge >= 0.3 is 0 Å². The number of ether oxygens (including phenoxy) is 2. The van der Waals surface area contributed by atoms with Crippen molar-refractivity contribution in [2.24, 2.45) is 5.41 Å². The Bertz CT molecular complexity index is 558. The van der Waals surface area contributed by atoms with Crippen LogP contribution in [-0.4, -0.2) is 19.1 Å². The van der Waals surface area contributed by atoms with Crippen LogP contribution in [0.4, 0.5) is 5.69 Å². The first-order chi connectivity index (χ1) is 9.23. The molecule has 98 valence electrons. The molecule has 1 saturated carbocycles. The molecule has 5 heteroatoms. The van der Waals surface area contributed by atoms with E-state index in [2.05, 4.69) is 11.4 Å². The number of nitriles is 1. The Morgan fingerprint density at radius 3 is 2.68 bits per heavy atom. The van der Waals surface area contributed by atoms with Gasteiger partial charge in [0.25, 0.3) is 0 Å². The fourth-order valence-corrected chi connectivity index (χ4v) is 2.01. The van der Waals surface area contributed by atoms with E-state index in [9.17, 15) is 4.79 Å². The number of carbonyl (C=O) groups excluding carboxylic acids is 1. The zero-order chi connectivity index (χ0) is 13.3. The Balaban J connectivity index is 1.77. The first kappa shape index (κ1) is 11.8. The van der Waals surface area contributed by atoms with Crippen molar-refractivity contribution >= 4 is 11.6 Å². The van der Waals surface area contributed by atoms with E-state index in [-0.39, 0.29) is 5.91 Å². The molecule has 1 aliphatic carbocycles. The van der Waals surface area contributed by atoms with E-state index in [0.29, 0.717) is 43.2 Å². The minimum absolute atomic E-state index is 0.232. The lowest BCUT2D eigenvalue weighted by atomic mass is 10.1. The number of rotatable bonds is 2. The zero-order valence-corrected chi connectivity index (χ0v) is 10.4. The highest BCUT2D eigenvalue weighted by Crippen LogP contribution is 2.46. The second-order valence-electron chi connectivity index (χ2n) is 4.86. The van der Waals surface area contributed by atoms with Crippen LogP contribution in [0.3, 0.4) is 0 Å². The molecular weight excluding hydrogens is 244 g/mol. The summed E-state index contributed by atoms with van der Waals surface area (Å²) in [6.45, 7) is 1.24. The minimum atomic E-state index is -0.815. The van der Waals surface area contributed by atoms with Crippen molar-refractivity contribution < 1.29 is 14.3 Å². The summed E-state index contributed by atoms with van der Waals surface area (Å²) in [5.41, 5.74) is -0.180. The molecule has 0 radical (unpaired) electrons. The number of anilines is 1. The van der Waals surface area contributed by atoms with Gasteiger partial charge in [-0.05, 0) is 25.0 Å². The predicted octanol–water partition coefficient (Wildman–Crippen LogP) is 2.09. The number of carbonyl (C=O) groups is 1. The third kappa shape index (κ3) is 2.22. The van der Waals surface area contributed by atoms with Crippen LogP contribution in [0.25, 0.3) is 0 Å². The monoisotopic (exact) mass is 258 g/mol. The molecule has 2 aliphatic rings. The van der Waals surface area contributed by atoms with Crippen LogP contribution in [0.15, 0.2) is 18.2 Å². The first-order valence-electron chi connectivity index (χ1n) is 6.36. The standard InChI is InChI=1S/C14H14N2O3/c15-9-14(4-5-14)13(17)16-10-2-3-11-12(8-10)19-7-1-6-18-11/h2-3,8H,1,4-7H2,(H,16,17). The maximum atomic E-state index is 12.0. The molecule has 0 unspecified atom stereocenters. The maximum absolute atomic E-state index is 12.0. The molecule has 0 atom stereocenters. The average molecular weight is 258 g/mol. The number of nitrogens with zero attached hydrogens (tertiary/aromatic N) is 1. The Kier molecular flexibility index (Phi) is 2.79.